The van der Waals surface area contributed by atoms with E-state index >= 15 is 0 Å². The molecule has 1 aliphatic carbocycles. The number of aromatic amines is 1. The first kappa shape index (κ1) is 23.1. The Morgan fingerprint density at radius 3 is 2.67 bits per heavy atom. The maximum atomic E-state index is 14.7. The standard InChI is InChI=1S/C30H36N4O2/c1-2-3-11-19-33-26-17-10-8-15-24(26)30(28(33)35)27-23(22-14-7-9-16-25(22)32-27)18-20-34(30)29(36)31-21-12-5-4-6-13-21/h7-10,14-17,21,32H,2-6,11-13,18-20H2,1H3,(H,31,36)/t30-/m0/s1. The molecular weight excluding hydrogens is 448 g/mol. The Bertz CT molecular complexity index is 1290. The Hall–Kier alpha value is -3.28. The largest absolute Gasteiger partial charge is 0.355 e. The lowest BCUT2D eigenvalue weighted by atomic mass is 9.80. The van der Waals surface area contributed by atoms with Crippen molar-refractivity contribution in [3.8, 4) is 0 Å². The summed E-state index contributed by atoms with van der Waals surface area (Å²) in [7, 11) is 0. The number of para-hydroxylation sites is 2. The lowest BCUT2D eigenvalue weighted by molar-refractivity contribution is -0.126. The number of urea groups is 1. The molecule has 3 aliphatic rings. The zero-order valence-corrected chi connectivity index (χ0v) is 21.2. The highest BCUT2D eigenvalue weighted by atomic mass is 16.2. The second-order valence-corrected chi connectivity index (χ2v) is 10.6. The number of hydrogen-bond donors (Lipinski definition) is 2. The van der Waals surface area contributed by atoms with Crippen molar-refractivity contribution in [2.24, 2.45) is 0 Å². The van der Waals surface area contributed by atoms with Gasteiger partial charge >= 0.3 is 6.03 Å². The minimum Gasteiger partial charge on any atom is -0.355 e. The van der Waals surface area contributed by atoms with Gasteiger partial charge in [-0.2, -0.15) is 0 Å². The zero-order chi connectivity index (χ0) is 24.7. The fraction of sp³-hybridized carbons (Fsp3) is 0.467. The van der Waals surface area contributed by atoms with Crippen LogP contribution in [0.1, 0.15) is 75.1 Å². The predicted molar refractivity (Wildman–Crippen MR) is 143 cm³/mol. The van der Waals surface area contributed by atoms with Gasteiger partial charge in [-0.1, -0.05) is 75.4 Å². The van der Waals surface area contributed by atoms with Gasteiger partial charge in [0.25, 0.3) is 5.91 Å². The molecule has 6 nitrogen and oxygen atoms in total. The number of carbonyl (C=O) groups is 2. The van der Waals surface area contributed by atoms with Crippen LogP contribution < -0.4 is 10.2 Å². The maximum Gasteiger partial charge on any atom is 0.319 e. The molecule has 3 amide bonds. The van der Waals surface area contributed by atoms with E-state index in [4.69, 9.17) is 0 Å². The van der Waals surface area contributed by atoms with Crippen molar-refractivity contribution in [1.82, 2.24) is 15.2 Å². The summed E-state index contributed by atoms with van der Waals surface area (Å²) in [6.07, 6.45) is 9.39. The molecule has 1 spiro atoms. The Kier molecular flexibility index (Phi) is 5.98. The summed E-state index contributed by atoms with van der Waals surface area (Å²) in [4.78, 5) is 36.1. The highest BCUT2D eigenvalue weighted by molar-refractivity contribution is 6.12. The summed E-state index contributed by atoms with van der Waals surface area (Å²) in [5.74, 6) is -0.00824. The molecule has 3 aromatic rings. The van der Waals surface area contributed by atoms with Crippen molar-refractivity contribution in [3.05, 3.63) is 65.4 Å². The van der Waals surface area contributed by atoms with Crippen LogP contribution >= 0.6 is 0 Å². The fourth-order valence-corrected chi connectivity index (χ4v) is 6.73. The van der Waals surface area contributed by atoms with Gasteiger partial charge in [-0.15, -0.1) is 0 Å². The summed E-state index contributed by atoms with van der Waals surface area (Å²) in [5.41, 5.74) is 3.72. The third-order valence-corrected chi connectivity index (χ3v) is 8.47. The molecule has 0 saturated heterocycles. The zero-order valence-electron chi connectivity index (χ0n) is 21.2. The van der Waals surface area contributed by atoms with Gasteiger partial charge in [0.15, 0.2) is 5.54 Å². The van der Waals surface area contributed by atoms with E-state index in [9.17, 15) is 9.59 Å². The van der Waals surface area contributed by atoms with Crippen molar-refractivity contribution in [3.63, 3.8) is 0 Å². The Balaban J connectivity index is 1.51. The molecule has 0 bridgehead atoms. The van der Waals surface area contributed by atoms with Crippen LogP contribution in [0, 0.1) is 0 Å². The molecule has 1 aromatic heterocycles. The third-order valence-electron chi connectivity index (χ3n) is 8.47. The average molecular weight is 485 g/mol. The summed E-state index contributed by atoms with van der Waals surface area (Å²) < 4.78 is 0. The molecule has 188 valence electrons. The Morgan fingerprint density at radius 2 is 1.83 bits per heavy atom. The fourth-order valence-electron chi connectivity index (χ4n) is 6.73. The van der Waals surface area contributed by atoms with Gasteiger partial charge in [0.05, 0.1) is 11.4 Å². The number of fused-ring (bicyclic) bond motifs is 6. The molecule has 2 N–H and O–H groups in total. The number of hydrogen-bond acceptors (Lipinski definition) is 2. The minimum absolute atomic E-state index is 0.00824. The van der Waals surface area contributed by atoms with Crippen LogP contribution in [0.5, 0.6) is 0 Å². The highest BCUT2D eigenvalue weighted by Gasteiger charge is 2.60. The summed E-state index contributed by atoms with van der Waals surface area (Å²) >= 11 is 0. The summed E-state index contributed by atoms with van der Waals surface area (Å²) in [5, 5.41) is 4.47. The van der Waals surface area contributed by atoms with E-state index < -0.39 is 5.54 Å². The first-order valence-corrected chi connectivity index (χ1v) is 13.8. The van der Waals surface area contributed by atoms with Crippen LogP contribution in [0.4, 0.5) is 10.5 Å². The van der Waals surface area contributed by atoms with Crippen LogP contribution in [0.2, 0.25) is 0 Å². The topological polar surface area (TPSA) is 68.4 Å². The molecule has 2 aliphatic heterocycles. The number of nitrogens with zero attached hydrogens (tertiary/aromatic N) is 2. The van der Waals surface area contributed by atoms with Crippen molar-refractivity contribution in [2.75, 3.05) is 18.0 Å². The molecule has 1 fully saturated rings. The lowest BCUT2D eigenvalue weighted by Crippen LogP contribution is -2.62. The number of anilines is 1. The second-order valence-electron chi connectivity index (χ2n) is 10.6. The summed E-state index contributed by atoms with van der Waals surface area (Å²) in [6.45, 7) is 3.35. The normalized spacial score (nSPS) is 21.8. The second kappa shape index (κ2) is 9.30. The molecule has 3 heterocycles. The third kappa shape index (κ3) is 3.45. The van der Waals surface area contributed by atoms with Gasteiger partial charge < -0.3 is 20.1 Å². The number of carbonyl (C=O) groups excluding carboxylic acids is 2. The van der Waals surface area contributed by atoms with E-state index in [0.717, 1.165) is 84.8 Å². The monoisotopic (exact) mass is 484 g/mol. The number of nitrogens with one attached hydrogen (secondary N) is 2. The lowest BCUT2D eigenvalue weighted by Gasteiger charge is -2.44. The minimum atomic E-state index is -1.17. The number of aromatic nitrogens is 1. The molecule has 1 atom stereocenters. The molecule has 0 radical (unpaired) electrons. The van der Waals surface area contributed by atoms with Gasteiger partial charge in [-0.25, -0.2) is 4.79 Å². The Morgan fingerprint density at radius 1 is 1.06 bits per heavy atom. The quantitative estimate of drug-likeness (QED) is 0.446. The van der Waals surface area contributed by atoms with Crippen molar-refractivity contribution in [2.45, 2.75) is 76.3 Å². The van der Waals surface area contributed by atoms with Crippen LogP contribution in [0.15, 0.2) is 48.5 Å². The highest BCUT2D eigenvalue weighted by Crippen LogP contribution is 2.52. The SMILES string of the molecule is CCCCCN1C(=O)[C@]2(c3ccccc31)c1[nH]c3ccccc3c1CCN2C(=O)NC1CCCCC1. The molecule has 6 heteroatoms. The average Bonchev–Trinajstić information content (AvgIpc) is 3.40. The van der Waals surface area contributed by atoms with Crippen LogP contribution in [0.3, 0.4) is 0 Å². The molecule has 6 rings (SSSR count). The predicted octanol–water partition coefficient (Wildman–Crippen LogP) is 5.85. The Labute approximate surface area is 213 Å². The van der Waals surface area contributed by atoms with E-state index in [1.165, 1.54) is 6.42 Å². The molecule has 36 heavy (non-hydrogen) atoms. The van der Waals surface area contributed by atoms with Gasteiger partial charge in [0.2, 0.25) is 0 Å². The van der Waals surface area contributed by atoms with E-state index in [-0.39, 0.29) is 18.0 Å². The molecule has 1 saturated carbocycles. The first-order valence-electron chi connectivity index (χ1n) is 13.8. The van der Waals surface area contributed by atoms with Crippen molar-refractivity contribution in [1.29, 1.82) is 0 Å². The number of unbranched alkanes of at least 4 members (excludes halogenated alkanes) is 2. The number of benzene rings is 2. The molecular formula is C30H36N4O2. The van der Waals surface area contributed by atoms with E-state index in [1.807, 2.05) is 40.1 Å². The number of rotatable bonds is 5. The van der Waals surface area contributed by atoms with Gasteiger partial charge in [0, 0.05) is 35.6 Å². The molecule has 2 aromatic carbocycles. The van der Waals surface area contributed by atoms with E-state index in [0.29, 0.717) is 13.1 Å². The van der Waals surface area contributed by atoms with Gasteiger partial charge in [-0.3, -0.25) is 4.79 Å². The first-order chi connectivity index (χ1) is 17.7. The van der Waals surface area contributed by atoms with Crippen LogP contribution in [-0.2, 0) is 16.8 Å². The summed E-state index contributed by atoms with van der Waals surface area (Å²) in [6, 6.07) is 16.4. The van der Waals surface area contributed by atoms with Crippen LogP contribution in [-0.4, -0.2) is 41.0 Å². The van der Waals surface area contributed by atoms with Gasteiger partial charge in [0.1, 0.15) is 0 Å². The number of H-pyrrole nitrogens is 1. The van der Waals surface area contributed by atoms with E-state index in [1.54, 1.807) is 0 Å². The smallest absolute Gasteiger partial charge is 0.319 e. The number of amides is 3. The van der Waals surface area contributed by atoms with Gasteiger partial charge in [-0.05, 0) is 43.4 Å². The van der Waals surface area contributed by atoms with Crippen LogP contribution in [0.25, 0.3) is 10.9 Å². The van der Waals surface area contributed by atoms with Crippen molar-refractivity contribution < 1.29 is 9.59 Å². The van der Waals surface area contributed by atoms with E-state index in [2.05, 4.69) is 35.4 Å². The maximum absolute atomic E-state index is 14.7. The van der Waals surface area contributed by atoms with Crippen molar-refractivity contribution >= 4 is 28.5 Å². The molecule has 0 unspecified atom stereocenters.